The molecule has 0 saturated carbocycles. The molecule has 1 fully saturated rings. The predicted octanol–water partition coefficient (Wildman–Crippen LogP) is 1.49. The molecule has 0 spiro atoms. The van der Waals surface area contributed by atoms with E-state index in [0.29, 0.717) is 12.3 Å². The van der Waals surface area contributed by atoms with Crippen molar-refractivity contribution in [2.75, 3.05) is 19.9 Å². The summed E-state index contributed by atoms with van der Waals surface area (Å²) in [6.07, 6.45) is 7.78. The second kappa shape index (κ2) is 5.75. The molecule has 4 rings (SSSR count). The Hall–Kier alpha value is -2.83. The normalized spacial score (nSPS) is 19.7. The van der Waals surface area contributed by atoms with Crippen molar-refractivity contribution in [3.63, 3.8) is 0 Å². The number of nitrogens with zero attached hydrogens (tertiary/aromatic N) is 4. The highest BCUT2D eigenvalue weighted by molar-refractivity contribution is 5.92. The smallest absolute Gasteiger partial charge is 0.246 e. The molecule has 0 bridgehead atoms. The molecule has 7 heteroatoms. The zero-order valence-corrected chi connectivity index (χ0v) is 12.5. The standard InChI is InChI=1S/C16H16N4O3/c21-16(19-7-5-13(10-19)20-8-6-17-18-20)4-2-12-1-3-14-15(9-12)23-11-22-14/h1-4,6,8-9,13H,5,7,10-11H2/b4-2+/t13-/m0/s1. The fourth-order valence-corrected chi connectivity index (χ4v) is 2.86. The van der Waals surface area contributed by atoms with Crippen LogP contribution in [0.4, 0.5) is 0 Å². The van der Waals surface area contributed by atoms with Gasteiger partial charge in [-0.25, -0.2) is 4.68 Å². The van der Waals surface area contributed by atoms with E-state index >= 15 is 0 Å². The second-order valence-corrected chi connectivity index (χ2v) is 5.56. The zero-order chi connectivity index (χ0) is 15.6. The summed E-state index contributed by atoms with van der Waals surface area (Å²) in [5, 5.41) is 7.82. The molecule has 23 heavy (non-hydrogen) atoms. The largest absolute Gasteiger partial charge is 0.454 e. The number of benzene rings is 1. The van der Waals surface area contributed by atoms with Crippen LogP contribution in [0, 0.1) is 0 Å². The van der Waals surface area contributed by atoms with Gasteiger partial charge in [0.15, 0.2) is 11.5 Å². The SMILES string of the molecule is O=C(/C=C/c1ccc2c(c1)OCO2)N1CC[C@H](n2ccnn2)C1. The van der Waals surface area contributed by atoms with Crippen LogP contribution in [0.2, 0.25) is 0 Å². The highest BCUT2D eigenvalue weighted by Gasteiger charge is 2.26. The van der Waals surface area contributed by atoms with Gasteiger partial charge in [0.1, 0.15) is 0 Å². The van der Waals surface area contributed by atoms with Gasteiger partial charge in [-0.1, -0.05) is 11.3 Å². The molecular weight excluding hydrogens is 296 g/mol. The summed E-state index contributed by atoms with van der Waals surface area (Å²) in [5.41, 5.74) is 0.912. The van der Waals surface area contributed by atoms with Crippen molar-refractivity contribution in [1.29, 1.82) is 0 Å². The fourth-order valence-electron chi connectivity index (χ4n) is 2.86. The van der Waals surface area contributed by atoms with Crippen molar-refractivity contribution in [2.24, 2.45) is 0 Å². The molecule has 118 valence electrons. The quantitative estimate of drug-likeness (QED) is 0.803. The fraction of sp³-hybridized carbons (Fsp3) is 0.312. The van der Waals surface area contributed by atoms with Crippen molar-refractivity contribution < 1.29 is 14.3 Å². The summed E-state index contributed by atoms with van der Waals surface area (Å²) >= 11 is 0. The third kappa shape index (κ3) is 2.77. The lowest BCUT2D eigenvalue weighted by atomic mass is 10.2. The lowest BCUT2D eigenvalue weighted by molar-refractivity contribution is -0.125. The van der Waals surface area contributed by atoms with E-state index in [1.165, 1.54) is 0 Å². The summed E-state index contributed by atoms with van der Waals surface area (Å²) in [6.45, 7) is 1.64. The molecule has 2 aliphatic heterocycles. The molecule has 7 nitrogen and oxygen atoms in total. The van der Waals surface area contributed by atoms with E-state index < -0.39 is 0 Å². The average molecular weight is 312 g/mol. The molecule has 0 N–H and O–H groups in total. The van der Waals surface area contributed by atoms with E-state index in [0.717, 1.165) is 24.3 Å². The molecule has 2 aromatic rings. The minimum atomic E-state index is 0.00489. The van der Waals surface area contributed by atoms with Gasteiger partial charge in [0.25, 0.3) is 0 Å². The van der Waals surface area contributed by atoms with E-state index in [-0.39, 0.29) is 18.7 Å². The number of ether oxygens (including phenoxy) is 2. The number of carbonyl (C=O) groups is 1. The molecule has 1 aromatic carbocycles. The molecule has 1 aromatic heterocycles. The predicted molar refractivity (Wildman–Crippen MR) is 81.9 cm³/mol. The van der Waals surface area contributed by atoms with Crippen LogP contribution in [0.3, 0.4) is 0 Å². The van der Waals surface area contributed by atoms with Crippen molar-refractivity contribution >= 4 is 12.0 Å². The number of likely N-dealkylation sites (tertiary alicyclic amines) is 1. The van der Waals surface area contributed by atoms with Crippen molar-refractivity contribution in [1.82, 2.24) is 19.9 Å². The number of aromatic nitrogens is 3. The zero-order valence-electron chi connectivity index (χ0n) is 12.5. The van der Waals surface area contributed by atoms with Gasteiger partial charge in [0.05, 0.1) is 12.2 Å². The first-order valence-corrected chi connectivity index (χ1v) is 7.52. The van der Waals surface area contributed by atoms with Gasteiger partial charge in [-0.2, -0.15) is 0 Å². The number of rotatable bonds is 3. The van der Waals surface area contributed by atoms with Crippen LogP contribution in [0.25, 0.3) is 6.08 Å². The Balaban J connectivity index is 1.40. The third-order valence-corrected chi connectivity index (χ3v) is 4.11. The summed E-state index contributed by atoms with van der Waals surface area (Å²) in [7, 11) is 0. The van der Waals surface area contributed by atoms with E-state index in [2.05, 4.69) is 10.3 Å². The Morgan fingerprint density at radius 3 is 3.09 bits per heavy atom. The first kappa shape index (κ1) is 13.8. The lowest BCUT2D eigenvalue weighted by Crippen LogP contribution is -2.27. The highest BCUT2D eigenvalue weighted by Crippen LogP contribution is 2.32. The maximum absolute atomic E-state index is 12.3. The molecular formula is C16H16N4O3. The van der Waals surface area contributed by atoms with Crippen LogP contribution in [-0.4, -0.2) is 45.7 Å². The van der Waals surface area contributed by atoms with Gasteiger partial charge in [0, 0.05) is 25.4 Å². The highest BCUT2D eigenvalue weighted by atomic mass is 16.7. The maximum Gasteiger partial charge on any atom is 0.246 e. The van der Waals surface area contributed by atoms with Crippen LogP contribution in [0.5, 0.6) is 11.5 Å². The molecule has 1 saturated heterocycles. The van der Waals surface area contributed by atoms with Crippen LogP contribution in [-0.2, 0) is 4.79 Å². The topological polar surface area (TPSA) is 69.5 Å². The first-order chi connectivity index (χ1) is 11.3. The van der Waals surface area contributed by atoms with Crippen molar-refractivity contribution in [3.05, 3.63) is 42.2 Å². The van der Waals surface area contributed by atoms with Gasteiger partial charge < -0.3 is 14.4 Å². The minimum Gasteiger partial charge on any atom is -0.454 e. The molecule has 0 aliphatic carbocycles. The lowest BCUT2D eigenvalue weighted by Gasteiger charge is -2.14. The van der Waals surface area contributed by atoms with E-state index in [1.807, 2.05) is 34.0 Å². The summed E-state index contributed by atoms with van der Waals surface area (Å²) < 4.78 is 12.4. The van der Waals surface area contributed by atoms with Crippen LogP contribution >= 0.6 is 0 Å². The van der Waals surface area contributed by atoms with E-state index in [9.17, 15) is 4.79 Å². The number of hydrogen-bond acceptors (Lipinski definition) is 5. The number of hydrogen-bond donors (Lipinski definition) is 0. The Bertz CT molecular complexity index is 742. The minimum absolute atomic E-state index is 0.00489. The van der Waals surface area contributed by atoms with Gasteiger partial charge in [-0.3, -0.25) is 4.79 Å². The Morgan fingerprint density at radius 1 is 1.30 bits per heavy atom. The van der Waals surface area contributed by atoms with E-state index in [4.69, 9.17) is 9.47 Å². The Labute approximate surface area is 133 Å². The average Bonchev–Trinajstić information content (AvgIpc) is 3.32. The molecule has 3 heterocycles. The molecule has 0 radical (unpaired) electrons. The van der Waals surface area contributed by atoms with Crippen molar-refractivity contribution in [3.8, 4) is 11.5 Å². The summed E-state index contributed by atoms with van der Waals surface area (Å²) in [5.74, 6) is 1.46. The first-order valence-electron chi connectivity index (χ1n) is 7.52. The van der Waals surface area contributed by atoms with E-state index in [1.54, 1.807) is 18.3 Å². The van der Waals surface area contributed by atoms with Crippen molar-refractivity contribution in [2.45, 2.75) is 12.5 Å². The summed E-state index contributed by atoms with van der Waals surface area (Å²) in [4.78, 5) is 14.1. The monoisotopic (exact) mass is 312 g/mol. The maximum atomic E-state index is 12.3. The Morgan fingerprint density at radius 2 is 2.22 bits per heavy atom. The van der Waals surface area contributed by atoms with Gasteiger partial charge in [-0.15, -0.1) is 5.10 Å². The van der Waals surface area contributed by atoms with Crippen LogP contribution in [0.15, 0.2) is 36.7 Å². The number of amides is 1. The number of fused-ring (bicyclic) bond motifs is 1. The number of carbonyl (C=O) groups excluding carboxylic acids is 1. The molecule has 1 amide bonds. The molecule has 2 aliphatic rings. The van der Waals surface area contributed by atoms with Crippen LogP contribution < -0.4 is 9.47 Å². The second-order valence-electron chi connectivity index (χ2n) is 5.56. The van der Waals surface area contributed by atoms with Gasteiger partial charge >= 0.3 is 0 Å². The third-order valence-electron chi connectivity index (χ3n) is 4.11. The molecule has 0 unspecified atom stereocenters. The summed E-state index contributed by atoms with van der Waals surface area (Å²) in [6, 6.07) is 5.83. The Kier molecular flexibility index (Phi) is 3.45. The van der Waals surface area contributed by atoms with Crippen LogP contribution in [0.1, 0.15) is 18.0 Å². The van der Waals surface area contributed by atoms with Gasteiger partial charge in [-0.05, 0) is 30.2 Å². The van der Waals surface area contributed by atoms with Gasteiger partial charge in [0.2, 0.25) is 12.7 Å². The molecule has 1 atom stereocenters.